The maximum absolute atomic E-state index is 12.6. The second-order valence-electron chi connectivity index (χ2n) is 2.98. The van der Waals surface area contributed by atoms with Gasteiger partial charge in [0.15, 0.2) is 0 Å². The minimum absolute atomic E-state index is 0.0304. The van der Waals surface area contributed by atoms with Crippen LogP contribution in [0.1, 0.15) is 26.7 Å². The molecule has 0 amide bonds. The number of nitrogens with zero attached hydrogens (tertiary/aromatic N) is 2. The van der Waals surface area contributed by atoms with Crippen LogP contribution in [0, 0.1) is 5.92 Å². The van der Waals surface area contributed by atoms with E-state index in [0.717, 1.165) is 0 Å². The molecule has 0 saturated heterocycles. The van der Waals surface area contributed by atoms with Gasteiger partial charge in [-0.1, -0.05) is 13.8 Å². The Balaban J connectivity index is 0.000000671. The van der Waals surface area contributed by atoms with Crippen molar-refractivity contribution in [2.45, 2.75) is 32.6 Å². The third-order valence-electron chi connectivity index (χ3n) is 2.15. The molecule has 2 nitrogen and oxygen atoms in total. The minimum atomic E-state index is -2.46. The lowest BCUT2D eigenvalue weighted by atomic mass is 9.81. The normalized spacial score (nSPS) is 23.6. The van der Waals surface area contributed by atoms with Gasteiger partial charge in [-0.2, -0.15) is 5.10 Å². The fourth-order valence-electron chi connectivity index (χ4n) is 1.17. The molecule has 1 rings (SSSR count). The Morgan fingerprint density at radius 3 is 2.31 bits per heavy atom. The predicted molar refractivity (Wildman–Crippen MR) is 51.2 cm³/mol. The number of hydrogen-bond donors (Lipinski definition) is 0. The number of hydrogen-bond acceptors (Lipinski definition) is 2. The van der Waals surface area contributed by atoms with Crippen molar-refractivity contribution in [2.75, 3.05) is 13.6 Å². The lowest BCUT2D eigenvalue weighted by molar-refractivity contribution is -0.138. The minimum Gasteiger partial charge on any atom is -0.300 e. The summed E-state index contributed by atoms with van der Waals surface area (Å²) < 4.78 is 25.2. The molecule has 0 aromatic rings. The van der Waals surface area contributed by atoms with Gasteiger partial charge in [-0.15, -0.1) is 0 Å². The van der Waals surface area contributed by atoms with Crippen molar-refractivity contribution < 1.29 is 8.78 Å². The van der Waals surface area contributed by atoms with E-state index in [2.05, 4.69) is 11.8 Å². The van der Waals surface area contributed by atoms with Gasteiger partial charge < -0.3 is 5.01 Å². The van der Waals surface area contributed by atoms with Crippen LogP contribution in [-0.2, 0) is 0 Å². The maximum atomic E-state index is 12.6. The Morgan fingerprint density at radius 1 is 1.54 bits per heavy atom. The van der Waals surface area contributed by atoms with E-state index < -0.39 is 11.8 Å². The lowest BCUT2D eigenvalue weighted by Crippen LogP contribution is -2.44. The fourth-order valence-corrected chi connectivity index (χ4v) is 1.17. The van der Waals surface area contributed by atoms with Crippen molar-refractivity contribution in [3.63, 3.8) is 0 Å². The van der Waals surface area contributed by atoms with Crippen LogP contribution in [-0.4, -0.2) is 31.2 Å². The van der Waals surface area contributed by atoms with Gasteiger partial charge >= 0.3 is 0 Å². The molecule has 1 fully saturated rings. The summed E-state index contributed by atoms with van der Waals surface area (Å²) in [7, 11) is 1.65. The molecule has 0 spiro atoms. The van der Waals surface area contributed by atoms with Gasteiger partial charge in [-0.05, 0) is 6.42 Å². The van der Waals surface area contributed by atoms with Crippen LogP contribution in [0.5, 0.6) is 0 Å². The standard InChI is InChI=1S/C7H12F2N2.C2H6/c1-10-11(2)5-6-3-4-7(6,8)9;1-2/h6H,1,3-5H2,2H3;1-2H3. The van der Waals surface area contributed by atoms with Gasteiger partial charge in [0.2, 0.25) is 0 Å². The zero-order valence-electron chi connectivity index (χ0n) is 8.56. The third-order valence-corrected chi connectivity index (χ3v) is 2.15. The molecule has 0 bridgehead atoms. The van der Waals surface area contributed by atoms with Crippen molar-refractivity contribution in [1.29, 1.82) is 0 Å². The third kappa shape index (κ3) is 3.28. The quantitative estimate of drug-likeness (QED) is 0.495. The molecule has 13 heavy (non-hydrogen) atoms. The van der Waals surface area contributed by atoms with Crippen molar-refractivity contribution >= 4 is 6.72 Å². The molecule has 0 radical (unpaired) electrons. The Bertz CT molecular complexity index is 160. The van der Waals surface area contributed by atoms with Crippen molar-refractivity contribution in [3.8, 4) is 0 Å². The summed E-state index contributed by atoms with van der Waals surface area (Å²) in [5, 5.41) is 4.98. The Labute approximate surface area is 78.6 Å². The van der Waals surface area contributed by atoms with Crippen molar-refractivity contribution in [2.24, 2.45) is 11.0 Å². The average Bonchev–Trinajstić information content (AvgIpc) is 2.15. The monoisotopic (exact) mass is 192 g/mol. The smallest absolute Gasteiger partial charge is 0.252 e. The molecule has 1 aliphatic rings. The van der Waals surface area contributed by atoms with E-state index in [1.165, 1.54) is 5.01 Å². The van der Waals surface area contributed by atoms with Crippen LogP contribution < -0.4 is 0 Å². The van der Waals surface area contributed by atoms with E-state index in [-0.39, 0.29) is 6.42 Å². The Morgan fingerprint density at radius 2 is 2.08 bits per heavy atom. The molecule has 1 saturated carbocycles. The molecule has 0 N–H and O–H groups in total. The van der Waals surface area contributed by atoms with Gasteiger partial charge in [-0.3, -0.25) is 0 Å². The first-order valence-electron chi connectivity index (χ1n) is 4.62. The number of alkyl halides is 2. The molecule has 1 aliphatic carbocycles. The highest BCUT2D eigenvalue weighted by Crippen LogP contribution is 2.43. The van der Waals surface area contributed by atoms with Crippen LogP contribution in [0.3, 0.4) is 0 Å². The molecule has 78 valence electrons. The highest BCUT2D eigenvalue weighted by atomic mass is 19.3. The number of rotatable bonds is 3. The van der Waals surface area contributed by atoms with E-state index in [1.807, 2.05) is 13.8 Å². The van der Waals surface area contributed by atoms with E-state index in [4.69, 9.17) is 0 Å². The first kappa shape index (κ1) is 12.3. The Kier molecular flexibility index (Phi) is 4.88. The summed E-state index contributed by atoms with van der Waals surface area (Å²) in [4.78, 5) is 0. The molecule has 0 heterocycles. The lowest BCUT2D eigenvalue weighted by Gasteiger charge is -2.37. The van der Waals surface area contributed by atoms with E-state index in [0.29, 0.717) is 13.0 Å². The molecule has 1 atom stereocenters. The second kappa shape index (κ2) is 5.14. The van der Waals surface area contributed by atoms with E-state index in [9.17, 15) is 8.78 Å². The topological polar surface area (TPSA) is 15.6 Å². The highest BCUT2D eigenvalue weighted by Gasteiger charge is 2.48. The Hall–Kier alpha value is -0.670. The molecule has 0 aromatic heterocycles. The summed E-state index contributed by atoms with van der Waals surface area (Å²) in [6, 6.07) is 0. The largest absolute Gasteiger partial charge is 0.300 e. The van der Waals surface area contributed by atoms with Gasteiger partial charge in [0.1, 0.15) is 0 Å². The summed E-state index contributed by atoms with van der Waals surface area (Å²) >= 11 is 0. The van der Waals surface area contributed by atoms with Crippen molar-refractivity contribution in [3.05, 3.63) is 0 Å². The number of halogens is 2. The molecular weight excluding hydrogens is 174 g/mol. The first-order chi connectivity index (χ1) is 6.06. The molecule has 1 unspecified atom stereocenters. The van der Waals surface area contributed by atoms with Gasteiger partial charge in [-0.25, -0.2) is 8.78 Å². The van der Waals surface area contributed by atoms with E-state index in [1.54, 1.807) is 7.05 Å². The van der Waals surface area contributed by atoms with Crippen LogP contribution in [0.4, 0.5) is 8.78 Å². The van der Waals surface area contributed by atoms with E-state index >= 15 is 0 Å². The maximum Gasteiger partial charge on any atom is 0.252 e. The van der Waals surface area contributed by atoms with Crippen LogP contribution in [0.25, 0.3) is 0 Å². The number of hydrazone groups is 1. The fraction of sp³-hybridized carbons (Fsp3) is 0.889. The molecule has 0 aromatic carbocycles. The SMILES string of the molecule is C=NN(C)CC1CCC1(F)F.CC. The molecule has 4 heteroatoms. The molecule has 0 aliphatic heterocycles. The highest BCUT2D eigenvalue weighted by molar-refractivity contribution is 5.22. The van der Waals surface area contributed by atoms with Gasteiger partial charge in [0.05, 0.1) is 0 Å². The zero-order chi connectivity index (χ0) is 10.5. The average molecular weight is 192 g/mol. The summed E-state index contributed by atoms with van der Waals surface area (Å²) in [6.45, 7) is 7.57. The first-order valence-corrected chi connectivity index (χ1v) is 4.62. The van der Waals surface area contributed by atoms with Crippen LogP contribution in [0.15, 0.2) is 5.10 Å². The van der Waals surface area contributed by atoms with Crippen LogP contribution in [0.2, 0.25) is 0 Å². The predicted octanol–water partition coefficient (Wildman–Crippen LogP) is 2.61. The summed E-state index contributed by atoms with van der Waals surface area (Å²) in [5.74, 6) is -2.98. The van der Waals surface area contributed by atoms with Gasteiger partial charge in [0.25, 0.3) is 5.92 Å². The molecular formula is C9H18F2N2. The van der Waals surface area contributed by atoms with Crippen molar-refractivity contribution in [1.82, 2.24) is 5.01 Å². The summed E-state index contributed by atoms with van der Waals surface area (Å²) in [6.07, 6.45) is 0.634. The second-order valence-corrected chi connectivity index (χ2v) is 2.98. The zero-order valence-corrected chi connectivity index (χ0v) is 8.56. The van der Waals surface area contributed by atoms with Gasteiger partial charge in [0, 0.05) is 32.6 Å². The summed E-state index contributed by atoms with van der Waals surface area (Å²) in [5.41, 5.74) is 0. The van der Waals surface area contributed by atoms with Crippen LogP contribution >= 0.6 is 0 Å².